The molecule has 1 unspecified atom stereocenters. The number of methoxy groups -OCH3 is 1. The fourth-order valence-electron chi connectivity index (χ4n) is 1.93. The average molecular weight is 253 g/mol. The number of hydrogen-bond donors (Lipinski definition) is 1. The lowest BCUT2D eigenvalue weighted by molar-refractivity contribution is 0.410. The van der Waals surface area contributed by atoms with E-state index in [9.17, 15) is 4.39 Å². The molecule has 3 heteroatoms. The first-order valence-corrected chi connectivity index (χ1v) is 6.70. The van der Waals surface area contributed by atoms with Gasteiger partial charge in [-0.05, 0) is 49.9 Å². The molecule has 1 N–H and O–H groups in total. The van der Waals surface area contributed by atoms with E-state index in [1.807, 2.05) is 12.1 Å². The molecule has 1 rings (SSSR count). The van der Waals surface area contributed by atoms with Crippen LogP contribution in [-0.2, 0) is 6.42 Å². The number of hydrogen-bond acceptors (Lipinski definition) is 2. The Balaban J connectivity index is 2.38. The highest BCUT2D eigenvalue weighted by Crippen LogP contribution is 2.19. The van der Waals surface area contributed by atoms with Crippen LogP contribution in [0.5, 0.6) is 5.75 Å². The fourth-order valence-corrected chi connectivity index (χ4v) is 1.93. The van der Waals surface area contributed by atoms with Gasteiger partial charge >= 0.3 is 0 Å². The Morgan fingerprint density at radius 2 is 2.11 bits per heavy atom. The summed E-state index contributed by atoms with van der Waals surface area (Å²) in [6, 6.07) is 5.10. The smallest absolute Gasteiger partial charge is 0.130 e. The van der Waals surface area contributed by atoms with Crippen molar-refractivity contribution in [3.63, 3.8) is 0 Å². The molecular formula is C15H24FNO. The zero-order chi connectivity index (χ0) is 13.4. The molecule has 0 bridgehead atoms. The Hall–Kier alpha value is -1.09. The number of ether oxygens (including phenoxy) is 1. The van der Waals surface area contributed by atoms with E-state index in [1.165, 1.54) is 6.07 Å². The molecule has 0 spiro atoms. The molecule has 0 aliphatic rings. The lowest BCUT2D eigenvalue weighted by Gasteiger charge is -2.12. The molecule has 0 aliphatic carbocycles. The standard InChI is InChI=1S/C15H24FNO/c1-4-17-10-9-12(2)5-6-13-7-8-14(18-3)11-15(13)16/h7-8,11-12,17H,4-6,9-10H2,1-3H3. The number of benzene rings is 1. The topological polar surface area (TPSA) is 21.3 Å². The molecule has 0 heterocycles. The third-order valence-electron chi connectivity index (χ3n) is 3.23. The number of halogens is 1. The second kappa shape index (κ2) is 8.09. The average Bonchev–Trinajstić information content (AvgIpc) is 2.37. The molecule has 0 aromatic heterocycles. The molecule has 1 aromatic carbocycles. The van der Waals surface area contributed by atoms with Crippen LogP contribution in [0.25, 0.3) is 0 Å². The molecule has 0 aliphatic heterocycles. The van der Waals surface area contributed by atoms with E-state index < -0.39 is 0 Å². The zero-order valence-corrected chi connectivity index (χ0v) is 11.6. The van der Waals surface area contributed by atoms with Crippen LogP contribution in [0.15, 0.2) is 18.2 Å². The maximum Gasteiger partial charge on any atom is 0.130 e. The van der Waals surface area contributed by atoms with Gasteiger partial charge in [0.2, 0.25) is 0 Å². The van der Waals surface area contributed by atoms with E-state index in [-0.39, 0.29) is 5.82 Å². The van der Waals surface area contributed by atoms with Crippen molar-refractivity contribution in [3.8, 4) is 5.75 Å². The van der Waals surface area contributed by atoms with E-state index in [1.54, 1.807) is 7.11 Å². The predicted octanol–water partition coefficient (Wildman–Crippen LogP) is 3.40. The van der Waals surface area contributed by atoms with E-state index in [4.69, 9.17) is 4.74 Å². The summed E-state index contributed by atoms with van der Waals surface area (Å²) in [7, 11) is 1.55. The minimum atomic E-state index is -0.159. The van der Waals surface area contributed by atoms with Gasteiger partial charge in [-0.25, -0.2) is 4.39 Å². The fraction of sp³-hybridized carbons (Fsp3) is 0.600. The van der Waals surface area contributed by atoms with Crippen LogP contribution in [0.3, 0.4) is 0 Å². The minimum Gasteiger partial charge on any atom is -0.497 e. The van der Waals surface area contributed by atoms with Crippen LogP contribution in [0, 0.1) is 11.7 Å². The largest absolute Gasteiger partial charge is 0.497 e. The molecule has 1 atom stereocenters. The van der Waals surface area contributed by atoms with Gasteiger partial charge in [0.05, 0.1) is 7.11 Å². The summed E-state index contributed by atoms with van der Waals surface area (Å²) in [4.78, 5) is 0. The molecule has 18 heavy (non-hydrogen) atoms. The highest BCUT2D eigenvalue weighted by atomic mass is 19.1. The lowest BCUT2D eigenvalue weighted by atomic mass is 9.98. The van der Waals surface area contributed by atoms with Gasteiger partial charge in [0.1, 0.15) is 11.6 Å². The van der Waals surface area contributed by atoms with Crippen LogP contribution in [0.4, 0.5) is 4.39 Å². The Morgan fingerprint density at radius 3 is 2.72 bits per heavy atom. The maximum atomic E-state index is 13.7. The van der Waals surface area contributed by atoms with E-state index in [2.05, 4.69) is 19.2 Å². The SMILES string of the molecule is CCNCCC(C)CCc1ccc(OC)cc1F. The third-order valence-corrected chi connectivity index (χ3v) is 3.23. The molecular weight excluding hydrogens is 229 g/mol. The maximum absolute atomic E-state index is 13.7. The number of rotatable bonds is 8. The summed E-state index contributed by atoms with van der Waals surface area (Å²) in [5.74, 6) is 1.04. The van der Waals surface area contributed by atoms with Crippen molar-refractivity contribution >= 4 is 0 Å². The highest BCUT2D eigenvalue weighted by molar-refractivity contribution is 5.28. The van der Waals surface area contributed by atoms with Gasteiger partial charge in [0, 0.05) is 6.07 Å². The third kappa shape index (κ3) is 5.05. The molecule has 0 saturated heterocycles. The van der Waals surface area contributed by atoms with E-state index in [0.29, 0.717) is 11.7 Å². The molecule has 0 saturated carbocycles. The Bertz CT molecular complexity index is 354. The molecule has 0 amide bonds. The Labute approximate surface area is 110 Å². The normalized spacial score (nSPS) is 12.4. The van der Waals surface area contributed by atoms with Crippen molar-refractivity contribution in [1.82, 2.24) is 5.32 Å². The predicted molar refractivity (Wildman–Crippen MR) is 73.6 cm³/mol. The van der Waals surface area contributed by atoms with Crippen LogP contribution >= 0.6 is 0 Å². The van der Waals surface area contributed by atoms with Crippen molar-refractivity contribution < 1.29 is 9.13 Å². The van der Waals surface area contributed by atoms with Crippen molar-refractivity contribution in [1.29, 1.82) is 0 Å². The number of nitrogens with one attached hydrogen (secondary N) is 1. The van der Waals surface area contributed by atoms with Gasteiger partial charge in [-0.2, -0.15) is 0 Å². The van der Waals surface area contributed by atoms with Crippen LogP contribution < -0.4 is 10.1 Å². The van der Waals surface area contributed by atoms with E-state index >= 15 is 0 Å². The second-order valence-corrected chi connectivity index (χ2v) is 4.74. The van der Waals surface area contributed by atoms with Gasteiger partial charge in [-0.15, -0.1) is 0 Å². The minimum absolute atomic E-state index is 0.159. The highest BCUT2D eigenvalue weighted by Gasteiger charge is 2.07. The summed E-state index contributed by atoms with van der Waals surface area (Å²) >= 11 is 0. The quantitative estimate of drug-likeness (QED) is 0.717. The van der Waals surface area contributed by atoms with Crippen molar-refractivity contribution in [2.24, 2.45) is 5.92 Å². The molecule has 2 nitrogen and oxygen atoms in total. The first-order valence-electron chi connectivity index (χ1n) is 6.70. The Kier molecular flexibility index (Phi) is 6.73. The Morgan fingerprint density at radius 1 is 1.33 bits per heavy atom. The summed E-state index contributed by atoms with van der Waals surface area (Å²) in [5, 5.41) is 3.31. The van der Waals surface area contributed by atoms with Crippen LogP contribution in [0.2, 0.25) is 0 Å². The van der Waals surface area contributed by atoms with Gasteiger partial charge in [-0.1, -0.05) is 19.9 Å². The van der Waals surface area contributed by atoms with Crippen LogP contribution in [-0.4, -0.2) is 20.2 Å². The number of aryl methyl sites for hydroxylation is 1. The summed E-state index contributed by atoms with van der Waals surface area (Å²) in [6.45, 7) is 6.39. The van der Waals surface area contributed by atoms with Gasteiger partial charge in [0.25, 0.3) is 0 Å². The summed E-state index contributed by atoms with van der Waals surface area (Å²) < 4.78 is 18.7. The molecule has 1 aromatic rings. The molecule has 102 valence electrons. The lowest BCUT2D eigenvalue weighted by Crippen LogP contribution is -2.16. The van der Waals surface area contributed by atoms with Crippen molar-refractivity contribution in [2.45, 2.75) is 33.1 Å². The first kappa shape index (κ1) is 15.0. The van der Waals surface area contributed by atoms with Gasteiger partial charge in [0.15, 0.2) is 0 Å². The zero-order valence-electron chi connectivity index (χ0n) is 11.6. The van der Waals surface area contributed by atoms with E-state index in [0.717, 1.165) is 37.9 Å². The first-order chi connectivity index (χ1) is 8.67. The van der Waals surface area contributed by atoms with Crippen molar-refractivity contribution in [3.05, 3.63) is 29.6 Å². The van der Waals surface area contributed by atoms with Crippen LogP contribution in [0.1, 0.15) is 32.3 Å². The summed E-state index contributed by atoms with van der Waals surface area (Å²) in [6.07, 6.45) is 2.96. The second-order valence-electron chi connectivity index (χ2n) is 4.74. The summed E-state index contributed by atoms with van der Waals surface area (Å²) in [5.41, 5.74) is 0.783. The monoisotopic (exact) mass is 253 g/mol. The van der Waals surface area contributed by atoms with Gasteiger partial charge < -0.3 is 10.1 Å². The van der Waals surface area contributed by atoms with Crippen molar-refractivity contribution in [2.75, 3.05) is 20.2 Å². The molecule has 0 fully saturated rings. The van der Waals surface area contributed by atoms with Gasteiger partial charge in [-0.3, -0.25) is 0 Å². The molecule has 0 radical (unpaired) electrons.